The second-order valence-corrected chi connectivity index (χ2v) is 5.51. The van der Waals surface area contributed by atoms with E-state index in [4.69, 9.17) is 5.73 Å². The smallest absolute Gasteiger partial charge is 0.156 e. The molecule has 0 unspecified atom stereocenters. The Balaban J connectivity index is 2.11. The number of aryl methyl sites for hydroxylation is 2. The lowest BCUT2D eigenvalue weighted by molar-refractivity contribution is 0.619. The van der Waals surface area contributed by atoms with Crippen LogP contribution in [0.4, 0.5) is 15.9 Å². The van der Waals surface area contributed by atoms with Crippen molar-refractivity contribution in [2.45, 2.75) is 26.7 Å². The van der Waals surface area contributed by atoms with E-state index in [-0.39, 0.29) is 5.82 Å². The van der Waals surface area contributed by atoms with Crippen LogP contribution in [0.3, 0.4) is 0 Å². The van der Waals surface area contributed by atoms with Crippen molar-refractivity contribution >= 4 is 11.5 Å². The Morgan fingerprint density at radius 2 is 1.86 bits per heavy atom. The summed E-state index contributed by atoms with van der Waals surface area (Å²) in [5, 5.41) is 0. The Morgan fingerprint density at radius 3 is 2.52 bits per heavy atom. The van der Waals surface area contributed by atoms with Crippen molar-refractivity contribution in [3.05, 3.63) is 35.4 Å². The summed E-state index contributed by atoms with van der Waals surface area (Å²) in [6, 6.07) is 4.95. The van der Waals surface area contributed by atoms with Gasteiger partial charge < -0.3 is 10.6 Å². The maximum atomic E-state index is 13.4. The molecule has 110 valence electrons. The number of nitrogens with zero attached hydrogens (tertiary/aromatic N) is 3. The van der Waals surface area contributed by atoms with Crippen molar-refractivity contribution in [1.82, 2.24) is 9.97 Å². The predicted octanol–water partition coefficient (Wildman–Crippen LogP) is 3.08. The van der Waals surface area contributed by atoms with Crippen LogP contribution in [0, 0.1) is 19.7 Å². The van der Waals surface area contributed by atoms with E-state index in [1.165, 1.54) is 6.07 Å². The Bertz CT molecular complexity index is 678. The zero-order valence-corrected chi connectivity index (χ0v) is 12.4. The average molecular weight is 286 g/mol. The van der Waals surface area contributed by atoms with Crippen LogP contribution < -0.4 is 10.6 Å². The first-order valence-electron chi connectivity index (χ1n) is 7.22. The molecule has 1 aromatic carbocycles. The molecule has 0 bridgehead atoms. The van der Waals surface area contributed by atoms with E-state index in [1.807, 2.05) is 6.92 Å². The quantitative estimate of drug-likeness (QED) is 0.921. The van der Waals surface area contributed by atoms with Gasteiger partial charge in [-0.05, 0) is 50.5 Å². The minimum Gasteiger partial charge on any atom is -0.394 e. The Kier molecular flexibility index (Phi) is 3.49. The van der Waals surface area contributed by atoms with E-state index in [0.29, 0.717) is 22.8 Å². The maximum absolute atomic E-state index is 13.4. The molecule has 5 heteroatoms. The molecule has 0 aliphatic carbocycles. The van der Waals surface area contributed by atoms with Crippen molar-refractivity contribution in [3.63, 3.8) is 0 Å². The molecule has 0 amide bonds. The van der Waals surface area contributed by atoms with Gasteiger partial charge in [-0.3, -0.25) is 0 Å². The topological polar surface area (TPSA) is 55.0 Å². The molecule has 4 nitrogen and oxygen atoms in total. The van der Waals surface area contributed by atoms with Crippen molar-refractivity contribution < 1.29 is 4.39 Å². The molecule has 3 rings (SSSR count). The van der Waals surface area contributed by atoms with Gasteiger partial charge in [-0.2, -0.15) is 0 Å². The van der Waals surface area contributed by atoms with Gasteiger partial charge in [-0.15, -0.1) is 0 Å². The predicted molar refractivity (Wildman–Crippen MR) is 82.8 cm³/mol. The number of anilines is 2. The summed E-state index contributed by atoms with van der Waals surface area (Å²) in [5.41, 5.74) is 8.98. The van der Waals surface area contributed by atoms with E-state index >= 15 is 0 Å². The summed E-state index contributed by atoms with van der Waals surface area (Å²) < 4.78 is 13.4. The fourth-order valence-electron chi connectivity index (χ4n) is 2.75. The Hall–Kier alpha value is -2.17. The van der Waals surface area contributed by atoms with Crippen molar-refractivity contribution in [1.29, 1.82) is 0 Å². The molecule has 1 aliphatic rings. The van der Waals surface area contributed by atoms with E-state index in [1.54, 1.807) is 19.1 Å². The first-order valence-corrected chi connectivity index (χ1v) is 7.22. The highest BCUT2D eigenvalue weighted by Gasteiger charge is 2.20. The number of halogens is 1. The largest absolute Gasteiger partial charge is 0.394 e. The fraction of sp³-hybridized carbons (Fsp3) is 0.375. The minimum absolute atomic E-state index is 0.220. The molecule has 21 heavy (non-hydrogen) atoms. The molecule has 0 atom stereocenters. The van der Waals surface area contributed by atoms with E-state index in [0.717, 1.165) is 37.3 Å². The van der Waals surface area contributed by atoms with Gasteiger partial charge in [0.25, 0.3) is 0 Å². The third-order valence-electron chi connectivity index (χ3n) is 3.87. The van der Waals surface area contributed by atoms with E-state index in [9.17, 15) is 4.39 Å². The monoisotopic (exact) mass is 286 g/mol. The van der Waals surface area contributed by atoms with E-state index < -0.39 is 0 Å². The molecule has 0 spiro atoms. The molecule has 1 saturated heterocycles. The zero-order chi connectivity index (χ0) is 15.0. The lowest BCUT2D eigenvalue weighted by atomic mass is 10.1. The SMILES string of the molecule is Cc1nc(-c2ccc(F)c(C)c2)c(N)c(N2CCCC2)n1. The van der Waals surface area contributed by atoms with Crippen LogP contribution in [-0.4, -0.2) is 23.1 Å². The average Bonchev–Trinajstić information content (AvgIpc) is 2.98. The summed E-state index contributed by atoms with van der Waals surface area (Å²) in [6.45, 7) is 5.55. The van der Waals surface area contributed by atoms with Crippen molar-refractivity contribution in [3.8, 4) is 11.3 Å². The van der Waals surface area contributed by atoms with Crippen LogP contribution in [0.15, 0.2) is 18.2 Å². The standard InChI is InChI=1S/C16H19FN4/c1-10-9-12(5-6-13(10)17)15-14(18)16(20-11(2)19-15)21-7-3-4-8-21/h5-6,9H,3-4,7-8,18H2,1-2H3. The molecule has 2 heterocycles. The molecule has 2 N–H and O–H groups in total. The first-order chi connectivity index (χ1) is 10.1. The van der Waals surface area contributed by atoms with Gasteiger partial charge in [-0.1, -0.05) is 0 Å². The summed E-state index contributed by atoms with van der Waals surface area (Å²) in [5.74, 6) is 1.27. The number of benzene rings is 1. The second kappa shape index (κ2) is 5.31. The highest BCUT2D eigenvalue weighted by atomic mass is 19.1. The normalized spacial score (nSPS) is 14.7. The van der Waals surface area contributed by atoms with Gasteiger partial charge in [0.05, 0.1) is 5.69 Å². The van der Waals surface area contributed by atoms with Crippen LogP contribution in [0.5, 0.6) is 0 Å². The third-order valence-corrected chi connectivity index (χ3v) is 3.87. The number of aromatic nitrogens is 2. The molecule has 1 fully saturated rings. The van der Waals surface area contributed by atoms with Crippen molar-refractivity contribution in [2.75, 3.05) is 23.7 Å². The van der Waals surface area contributed by atoms with Crippen LogP contribution in [0.2, 0.25) is 0 Å². The Morgan fingerprint density at radius 1 is 1.14 bits per heavy atom. The van der Waals surface area contributed by atoms with Crippen molar-refractivity contribution in [2.24, 2.45) is 0 Å². The number of nitrogen functional groups attached to an aromatic ring is 1. The number of hydrogen-bond acceptors (Lipinski definition) is 4. The molecule has 0 radical (unpaired) electrons. The van der Waals surface area contributed by atoms with Gasteiger partial charge >= 0.3 is 0 Å². The number of nitrogens with two attached hydrogens (primary N) is 1. The van der Waals surface area contributed by atoms with Crippen LogP contribution in [0.25, 0.3) is 11.3 Å². The summed E-state index contributed by atoms with van der Waals surface area (Å²) in [4.78, 5) is 11.2. The van der Waals surface area contributed by atoms with Gasteiger partial charge in [0.15, 0.2) is 5.82 Å². The third kappa shape index (κ3) is 2.55. The zero-order valence-electron chi connectivity index (χ0n) is 12.4. The molecule has 2 aromatic rings. The Labute approximate surface area is 123 Å². The summed E-state index contributed by atoms with van der Waals surface area (Å²) in [7, 11) is 0. The highest BCUT2D eigenvalue weighted by Crippen LogP contribution is 2.33. The van der Waals surface area contributed by atoms with Gasteiger partial charge in [0.1, 0.15) is 17.3 Å². The fourth-order valence-corrected chi connectivity index (χ4v) is 2.75. The summed E-state index contributed by atoms with van der Waals surface area (Å²) in [6.07, 6.45) is 2.32. The summed E-state index contributed by atoms with van der Waals surface area (Å²) >= 11 is 0. The molecule has 1 aliphatic heterocycles. The van der Waals surface area contributed by atoms with Crippen LogP contribution >= 0.6 is 0 Å². The second-order valence-electron chi connectivity index (χ2n) is 5.51. The van der Waals surface area contributed by atoms with Gasteiger partial charge in [-0.25, -0.2) is 14.4 Å². The maximum Gasteiger partial charge on any atom is 0.156 e. The van der Waals surface area contributed by atoms with Crippen LogP contribution in [0.1, 0.15) is 24.2 Å². The molecule has 0 saturated carbocycles. The molecule has 1 aromatic heterocycles. The lowest BCUT2D eigenvalue weighted by Gasteiger charge is -2.20. The van der Waals surface area contributed by atoms with Gasteiger partial charge in [0, 0.05) is 18.7 Å². The van der Waals surface area contributed by atoms with Gasteiger partial charge in [0.2, 0.25) is 0 Å². The van der Waals surface area contributed by atoms with Crippen LogP contribution in [-0.2, 0) is 0 Å². The molecular formula is C16H19FN4. The number of hydrogen-bond donors (Lipinski definition) is 1. The highest BCUT2D eigenvalue weighted by molar-refractivity contribution is 5.81. The molecular weight excluding hydrogens is 267 g/mol. The first kappa shape index (κ1) is 13.8. The van der Waals surface area contributed by atoms with E-state index in [2.05, 4.69) is 14.9 Å². The lowest BCUT2D eigenvalue weighted by Crippen LogP contribution is -2.21. The number of rotatable bonds is 2. The minimum atomic E-state index is -0.220.